The zero-order valence-corrected chi connectivity index (χ0v) is 10.6. The fourth-order valence-corrected chi connectivity index (χ4v) is 2.21. The summed E-state index contributed by atoms with van der Waals surface area (Å²) in [6.45, 7) is 2.20. The van der Waals surface area contributed by atoms with Crippen LogP contribution in [0, 0.1) is 0 Å². The van der Waals surface area contributed by atoms with Crippen LogP contribution in [0.1, 0.15) is 24.8 Å². The third-order valence-electron chi connectivity index (χ3n) is 3.22. The zero-order valence-electron chi connectivity index (χ0n) is 10.6. The molecular formula is C14H19NO2. The van der Waals surface area contributed by atoms with E-state index in [0.717, 1.165) is 6.42 Å². The molecule has 0 amide bonds. The predicted octanol–water partition coefficient (Wildman–Crippen LogP) is 3.28. The Labute approximate surface area is 102 Å². The van der Waals surface area contributed by atoms with Crippen LogP contribution >= 0.6 is 0 Å². The second-order valence-electron chi connectivity index (χ2n) is 4.33. The van der Waals surface area contributed by atoms with E-state index in [1.54, 1.807) is 14.2 Å². The van der Waals surface area contributed by atoms with E-state index in [0.29, 0.717) is 5.92 Å². The molecule has 0 radical (unpaired) electrons. The van der Waals surface area contributed by atoms with E-state index in [2.05, 4.69) is 36.3 Å². The number of para-hydroxylation sites is 1. The van der Waals surface area contributed by atoms with Crippen LogP contribution in [0.2, 0.25) is 0 Å². The highest BCUT2D eigenvalue weighted by Gasteiger charge is 2.16. The number of aromatic nitrogens is 1. The van der Waals surface area contributed by atoms with Crippen molar-refractivity contribution in [2.24, 2.45) is 0 Å². The predicted molar refractivity (Wildman–Crippen MR) is 69.1 cm³/mol. The first-order chi connectivity index (χ1) is 8.26. The highest BCUT2D eigenvalue weighted by molar-refractivity contribution is 5.83. The van der Waals surface area contributed by atoms with Crippen LogP contribution in [0.25, 0.3) is 10.9 Å². The van der Waals surface area contributed by atoms with Crippen molar-refractivity contribution in [3.8, 4) is 0 Å². The Morgan fingerprint density at radius 1 is 1.18 bits per heavy atom. The van der Waals surface area contributed by atoms with Crippen LogP contribution in [0.15, 0.2) is 30.5 Å². The summed E-state index contributed by atoms with van der Waals surface area (Å²) >= 11 is 0. The molecule has 0 saturated heterocycles. The molecule has 3 nitrogen and oxygen atoms in total. The van der Waals surface area contributed by atoms with Gasteiger partial charge in [-0.3, -0.25) is 0 Å². The van der Waals surface area contributed by atoms with E-state index in [1.165, 1.54) is 16.5 Å². The smallest absolute Gasteiger partial charge is 0.157 e. The van der Waals surface area contributed by atoms with Crippen molar-refractivity contribution < 1.29 is 9.47 Å². The molecule has 1 N–H and O–H groups in total. The van der Waals surface area contributed by atoms with Crippen molar-refractivity contribution in [3.63, 3.8) is 0 Å². The second-order valence-corrected chi connectivity index (χ2v) is 4.33. The summed E-state index contributed by atoms with van der Waals surface area (Å²) in [4.78, 5) is 3.30. The van der Waals surface area contributed by atoms with Crippen LogP contribution in [0.4, 0.5) is 0 Å². The quantitative estimate of drug-likeness (QED) is 0.804. The highest BCUT2D eigenvalue weighted by atomic mass is 16.7. The van der Waals surface area contributed by atoms with Gasteiger partial charge < -0.3 is 14.5 Å². The van der Waals surface area contributed by atoms with E-state index in [-0.39, 0.29) is 6.29 Å². The molecule has 2 rings (SSSR count). The molecule has 0 spiro atoms. The number of methoxy groups -OCH3 is 2. The largest absolute Gasteiger partial charge is 0.361 e. The van der Waals surface area contributed by atoms with E-state index < -0.39 is 0 Å². The maximum atomic E-state index is 5.25. The number of rotatable bonds is 5. The molecule has 17 heavy (non-hydrogen) atoms. The van der Waals surface area contributed by atoms with Crippen molar-refractivity contribution in [3.05, 3.63) is 36.0 Å². The minimum Gasteiger partial charge on any atom is -0.361 e. The average Bonchev–Trinajstić information content (AvgIpc) is 2.79. The summed E-state index contributed by atoms with van der Waals surface area (Å²) in [6.07, 6.45) is 2.80. The molecule has 92 valence electrons. The SMILES string of the molecule is COC(C[C@@H](C)c1c[nH]c2ccccc12)OC. The number of hydrogen-bond acceptors (Lipinski definition) is 2. The number of H-pyrrole nitrogens is 1. The molecule has 0 unspecified atom stereocenters. The number of ether oxygens (including phenoxy) is 2. The lowest BCUT2D eigenvalue weighted by Gasteiger charge is -2.18. The van der Waals surface area contributed by atoms with Gasteiger partial charge in [0.2, 0.25) is 0 Å². The lowest BCUT2D eigenvalue weighted by Crippen LogP contribution is -2.15. The fourth-order valence-electron chi connectivity index (χ4n) is 2.21. The van der Waals surface area contributed by atoms with Crippen LogP contribution in [0.3, 0.4) is 0 Å². The van der Waals surface area contributed by atoms with Crippen LogP contribution in [0.5, 0.6) is 0 Å². The van der Waals surface area contributed by atoms with E-state index in [9.17, 15) is 0 Å². The lowest BCUT2D eigenvalue weighted by atomic mass is 9.97. The lowest BCUT2D eigenvalue weighted by molar-refractivity contribution is -0.108. The van der Waals surface area contributed by atoms with Crippen molar-refractivity contribution in [2.75, 3.05) is 14.2 Å². The van der Waals surface area contributed by atoms with E-state index in [1.807, 2.05) is 6.07 Å². The monoisotopic (exact) mass is 233 g/mol. The van der Waals surface area contributed by atoms with Crippen LogP contribution in [-0.2, 0) is 9.47 Å². The summed E-state index contributed by atoms with van der Waals surface area (Å²) in [7, 11) is 3.35. The Balaban J connectivity index is 2.21. The van der Waals surface area contributed by atoms with Gasteiger partial charge in [0, 0.05) is 37.7 Å². The Hall–Kier alpha value is -1.32. The van der Waals surface area contributed by atoms with Crippen molar-refractivity contribution in [1.29, 1.82) is 0 Å². The van der Waals surface area contributed by atoms with Gasteiger partial charge in [-0.25, -0.2) is 0 Å². The number of fused-ring (bicyclic) bond motifs is 1. The number of aromatic amines is 1. The Morgan fingerprint density at radius 3 is 2.59 bits per heavy atom. The molecular weight excluding hydrogens is 214 g/mol. The van der Waals surface area contributed by atoms with Gasteiger partial charge in [-0.2, -0.15) is 0 Å². The Kier molecular flexibility index (Phi) is 3.82. The summed E-state index contributed by atoms with van der Waals surface area (Å²) in [5.74, 6) is 0.399. The Morgan fingerprint density at radius 2 is 1.88 bits per heavy atom. The van der Waals surface area contributed by atoms with Crippen molar-refractivity contribution in [2.45, 2.75) is 25.6 Å². The molecule has 0 bridgehead atoms. The van der Waals surface area contributed by atoms with E-state index in [4.69, 9.17) is 9.47 Å². The molecule has 0 saturated carbocycles. The summed E-state index contributed by atoms with van der Waals surface area (Å²) < 4.78 is 10.5. The van der Waals surface area contributed by atoms with Gasteiger partial charge in [-0.1, -0.05) is 25.1 Å². The summed E-state index contributed by atoms with van der Waals surface area (Å²) in [6, 6.07) is 8.35. The molecule has 0 aliphatic carbocycles. The molecule has 3 heteroatoms. The molecule has 1 heterocycles. The average molecular weight is 233 g/mol. The number of benzene rings is 1. The Bertz CT molecular complexity index is 474. The summed E-state index contributed by atoms with van der Waals surface area (Å²) in [5, 5.41) is 1.28. The first kappa shape index (κ1) is 12.1. The first-order valence-electron chi connectivity index (χ1n) is 5.88. The normalized spacial score (nSPS) is 13.4. The highest BCUT2D eigenvalue weighted by Crippen LogP contribution is 2.28. The van der Waals surface area contributed by atoms with Crippen molar-refractivity contribution >= 4 is 10.9 Å². The van der Waals surface area contributed by atoms with Gasteiger partial charge in [0.05, 0.1) is 0 Å². The molecule has 0 aliphatic heterocycles. The van der Waals surface area contributed by atoms with Crippen LogP contribution < -0.4 is 0 Å². The zero-order chi connectivity index (χ0) is 12.3. The van der Waals surface area contributed by atoms with Crippen LogP contribution in [-0.4, -0.2) is 25.5 Å². The van der Waals surface area contributed by atoms with Gasteiger partial charge in [0.1, 0.15) is 0 Å². The fraction of sp³-hybridized carbons (Fsp3) is 0.429. The minimum atomic E-state index is -0.140. The number of hydrogen-bond donors (Lipinski definition) is 1. The third-order valence-corrected chi connectivity index (χ3v) is 3.22. The maximum absolute atomic E-state index is 5.25. The topological polar surface area (TPSA) is 34.2 Å². The first-order valence-corrected chi connectivity index (χ1v) is 5.88. The van der Waals surface area contributed by atoms with Gasteiger partial charge in [0.25, 0.3) is 0 Å². The third kappa shape index (κ3) is 2.51. The minimum absolute atomic E-state index is 0.140. The molecule has 2 aromatic rings. The molecule has 1 aromatic carbocycles. The van der Waals surface area contributed by atoms with Gasteiger partial charge in [0.15, 0.2) is 6.29 Å². The molecule has 0 fully saturated rings. The van der Waals surface area contributed by atoms with E-state index >= 15 is 0 Å². The van der Waals surface area contributed by atoms with Gasteiger partial charge >= 0.3 is 0 Å². The molecule has 0 aliphatic rings. The summed E-state index contributed by atoms with van der Waals surface area (Å²) in [5.41, 5.74) is 2.50. The molecule has 1 aromatic heterocycles. The van der Waals surface area contributed by atoms with Crippen molar-refractivity contribution in [1.82, 2.24) is 4.98 Å². The standard InChI is InChI=1S/C14H19NO2/c1-10(8-14(16-2)17-3)12-9-15-13-7-5-4-6-11(12)13/h4-7,9-10,14-15H,8H2,1-3H3/t10-/m1/s1. The van der Waals surface area contributed by atoms with Gasteiger partial charge in [-0.05, 0) is 17.5 Å². The molecule has 1 atom stereocenters. The number of nitrogens with one attached hydrogen (secondary N) is 1. The van der Waals surface area contributed by atoms with Gasteiger partial charge in [-0.15, -0.1) is 0 Å². The maximum Gasteiger partial charge on any atom is 0.157 e. The second kappa shape index (κ2) is 5.34.